The summed E-state index contributed by atoms with van der Waals surface area (Å²) in [5.41, 5.74) is 3.66. The van der Waals surface area contributed by atoms with Crippen LogP contribution >= 0.6 is 0 Å². The van der Waals surface area contributed by atoms with Crippen molar-refractivity contribution in [3.8, 4) is 0 Å². The molecule has 1 saturated carbocycles. The van der Waals surface area contributed by atoms with E-state index in [0.29, 0.717) is 31.5 Å². The third-order valence-corrected chi connectivity index (χ3v) is 6.00. The Morgan fingerprint density at radius 1 is 1.24 bits per heavy atom. The monoisotopic (exact) mass is 366 g/mol. The van der Waals surface area contributed by atoms with Gasteiger partial charge in [0.05, 0.1) is 5.75 Å². The Morgan fingerprint density at radius 2 is 2.00 bits per heavy atom. The van der Waals surface area contributed by atoms with Crippen LogP contribution in [0.25, 0.3) is 0 Å². The molecule has 0 unspecified atom stereocenters. The van der Waals surface area contributed by atoms with E-state index in [4.69, 9.17) is 0 Å². The topological polar surface area (TPSA) is 82.6 Å². The van der Waals surface area contributed by atoms with Crippen molar-refractivity contribution in [3.63, 3.8) is 0 Å². The van der Waals surface area contributed by atoms with Crippen LogP contribution in [0.5, 0.6) is 0 Å². The molecule has 0 bridgehead atoms. The van der Waals surface area contributed by atoms with Crippen LogP contribution in [0, 0.1) is 19.8 Å². The highest BCUT2D eigenvalue weighted by Gasteiger charge is 2.20. The molecule has 7 heteroatoms. The summed E-state index contributed by atoms with van der Waals surface area (Å²) in [4.78, 5) is 4.15. The normalized spacial score (nSPS) is 15.7. The number of nitrogens with one attached hydrogen (secondary N) is 3. The highest BCUT2D eigenvalue weighted by Crippen LogP contribution is 2.25. The van der Waals surface area contributed by atoms with Gasteiger partial charge in [-0.3, -0.25) is 4.99 Å². The van der Waals surface area contributed by atoms with Gasteiger partial charge in [-0.1, -0.05) is 30.2 Å². The van der Waals surface area contributed by atoms with Crippen molar-refractivity contribution in [2.45, 2.75) is 39.7 Å². The van der Waals surface area contributed by atoms with Crippen molar-refractivity contribution in [1.29, 1.82) is 0 Å². The quantitative estimate of drug-likeness (QED) is 0.483. The average molecular weight is 367 g/mol. The fraction of sp³-hybridized carbons (Fsp3) is 0.611. The molecular weight excluding hydrogens is 336 g/mol. The molecule has 25 heavy (non-hydrogen) atoms. The Kier molecular flexibility index (Phi) is 7.25. The second kappa shape index (κ2) is 9.20. The zero-order valence-electron chi connectivity index (χ0n) is 15.4. The van der Waals surface area contributed by atoms with Crippen molar-refractivity contribution in [1.82, 2.24) is 15.4 Å². The van der Waals surface area contributed by atoms with Gasteiger partial charge < -0.3 is 10.6 Å². The number of hydrogen-bond donors (Lipinski definition) is 3. The Hall–Kier alpha value is -1.60. The van der Waals surface area contributed by atoms with Gasteiger partial charge in [0.15, 0.2) is 5.96 Å². The van der Waals surface area contributed by atoms with Crippen LogP contribution in [0.1, 0.15) is 36.0 Å². The van der Waals surface area contributed by atoms with Crippen LogP contribution < -0.4 is 15.4 Å². The number of hydrogen-bond acceptors (Lipinski definition) is 3. The first kappa shape index (κ1) is 19.7. The van der Waals surface area contributed by atoms with Gasteiger partial charge in [0.1, 0.15) is 0 Å². The summed E-state index contributed by atoms with van der Waals surface area (Å²) in [6, 6.07) is 6.33. The minimum absolute atomic E-state index is 0.0456. The molecule has 0 aromatic heterocycles. The molecule has 0 heterocycles. The van der Waals surface area contributed by atoms with E-state index in [0.717, 1.165) is 12.8 Å². The summed E-state index contributed by atoms with van der Waals surface area (Å²) in [7, 11) is -1.55. The third-order valence-electron chi connectivity index (χ3n) is 4.65. The van der Waals surface area contributed by atoms with Crippen LogP contribution in [-0.2, 0) is 16.6 Å². The molecule has 0 spiro atoms. The van der Waals surface area contributed by atoms with E-state index in [1.165, 1.54) is 23.1 Å². The SMILES string of the molecule is CN=C(NCCS(=O)(=O)NCC1CCC1)NCc1ccc(C)cc1C. The van der Waals surface area contributed by atoms with Crippen molar-refractivity contribution >= 4 is 16.0 Å². The molecule has 3 N–H and O–H groups in total. The van der Waals surface area contributed by atoms with Crippen LogP contribution in [0.15, 0.2) is 23.2 Å². The van der Waals surface area contributed by atoms with E-state index in [9.17, 15) is 8.42 Å². The first-order chi connectivity index (χ1) is 11.9. The van der Waals surface area contributed by atoms with Gasteiger partial charge in [-0.25, -0.2) is 13.1 Å². The van der Waals surface area contributed by atoms with E-state index >= 15 is 0 Å². The van der Waals surface area contributed by atoms with E-state index in [1.54, 1.807) is 7.05 Å². The van der Waals surface area contributed by atoms with Gasteiger partial charge >= 0.3 is 0 Å². The Morgan fingerprint density at radius 3 is 2.60 bits per heavy atom. The zero-order chi connectivity index (χ0) is 18.3. The van der Waals surface area contributed by atoms with Gasteiger partial charge in [0.2, 0.25) is 10.0 Å². The minimum atomic E-state index is -3.23. The van der Waals surface area contributed by atoms with Gasteiger partial charge in [-0.05, 0) is 43.7 Å². The summed E-state index contributed by atoms with van der Waals surface area (Å²) >= 11 is 0. The lowest BCUT2D eigenvalue weighted by atomic mass is 9.86. The van der Waals surface area contributed by atoms with Crippen molar-refractivity contribution in [2.75, 3.05) is 25.9 Å². The zero-order valence-corrected chi connectivity index (χ0v) is 16.2. The molecule has 1 aliphatic carbocycles. The molecule has 0 radical (unpaired) electrons. The van der Waals surface area contributed by atoms with E-state index < -0.39 is 10.0 Å². The summed E-state index contributed by atoms with van der Waals surface area (Å²) in [6.45, 7) is 5.71. The highest BCUT2D eigenvalue weighted by atomic mass is 32.2. The highest BCUT2D eigenvalue weighted by molar-refractivity contribution is 7.89. The maximum atomic E-state index is 12.0. The molecule has 0 amide bonds. The molecule has 0 atom stereocenters. The molecule has 2 rings (SSSR count). The van der Waals surface area contributed by atoms with Crippen molar-refractivity contribution < 1.29 is 8.42 Å². The minimum Gasteiger partial charge on any atom is -0.355 e. The van der Waals surface area contributed by atoms with E-state index in [1.807, 2.05) is 0 Å². The summed E-state index contributed by atoms with van der Waals surface area (Å²) < 4.78 is 26.7. The van der Waals surface area contributed by atoms with Gasteiger partial charge in [0.25, 0.3) is 0 Å². The lowest BCUT2D eigenvalue weighted by Gasteiger charge is -2.25. The number of aliphatic imine (C=N–C) groups is 1. The maximum Gasteiger partial charge on any atom is 0.213 e. The standard InChI is InChI=1S/C18H30N4O2S/c1-14-7-8-17(15(2)11-14)13-21-18(19-3)20-9-10-25(23,24)22-12-16-5-4-6-16/h7-8,11,16,22H,4-6,9-10,12-13H2,1-3H3,(H2,19,20,21). The van der Waals surface area contributed by atoms with Gasteiger partial charge in [-0.15, -0.1) is 0 Å². The van der Waals surface area contributed by atoms with E-state index in [-0.39, 0.29) is 5.75 Å². The second-order valence-corrected chi connectivity index (χ2v) is 8.67. The molecule has 1 aromatic rings. The maximum absolute atomic E-state index is 12.0. The number of nitrogens with zero attached hydrogens (tertiary/aromatic N) is 1. The fourth-order valence-electron chi connectivity index (χ4n) is 2.76. The van der Waals surface area contributed by atoms with Crippen molar-refractivity contribution in [2.24, 2.45) is 10.9 Å². The summed E-state index contributed by atoms with van der Waals surface area (Å²) in [5.74, 6) is 1.17. The van der Waals surface area contributed by atoms with Crippen LogP contribution in [0.4, 0.5) is 0 Å². The average Bonchev–Trinajstić information content (AvgIpc) is 2.50. The number of aryl methyl sites for hydroxylation is 2. The van der Waals surface area contributed by atoms with E-state index in [2.05, 4.69) is 52.4 Å². The van der Waals surface area contributed by atoms with Gasteiger partial charge in [-0.2, -0.15) is 0 Å². The predicted molar refractivity (Wildman–Crippen MR) is 103 cm³/mol. The van der Waals surface area contributed by atoms with Crippen LogP contribution in [0.3, 0.4) is 0 Å². The molecule has 1 aliphatic rings. The fourth-order valence-corrected chi connectivity index (χ4v) is 3.77. The van der Waals surface area contributed by atoms with Crippen LogP contribution in [-0.4, -0.2) is 40.3 Å². The lowest BCUT2D eigenvalue weighted by molar-refractivity contribution is 0.316. The molecule has 0 saturated heterocycles. The Balaban J connectivity index is 1.72. The van der Waals surface area contributed by atoms with Crippen molar-refractivity contribution in [3.05, 3.63) is 34.9 Å². The Labute approximate surface area is 151 Å². The molecular formula is C18H30N4O2S. The molecule has 1 fully saturated rings. The second-order valence-electron chi connectivity index (χ2n) is 6.75. The first-order valence-electron chi connectivity index (χ1n) is 8.87. The molecule has 1 aromatic carbocycles. The largest absolute Gasteiger partial charge is 0.355 e. The smallest absolute Gasteiger partial charge is 0.213 e. The summed E-state index contributed by atoms with van der Waals surface area (Å²) in [6.07, 6.45) is 3.49. The third kappa shape index (κ3) is 6.66. The molecule has 0 aliphatic heterocycles. The lowest BCUT2D eigenvalue weighted by Crippen LogP contribution is -2.41. The molecule has 140 valence electrons. The first-order valence-corrected chi connectivity index (χ1v) is 10.5. The van der Waals surface area contributed by atoms with Gasteiger partial charge in [0, 0.05) is 26.7 Å². The number of sulfonamides is 1. The molecule has 6 nitrogen and oxygen atoms in total. The number of guanidine groups is 1. The number of benzene rings is 1. The van der Waals surface area contributed by atoms with Crippen LogP contribution in [0.2, 0.25) is 0 Å². The number of rotatable bonds is 8. The Bertz CT molecular complexity index is 697. The predicted octanol–water partition coefficient (Wildman–Crippen LogP) is 1.69. The summed E-state index contributed by atoms with van der Waals surface area (Å²) in [5, 5.41) is 6.29.